The number of nitrogens with one attached hydrogen (secondary N) is 2. The molecule has 2 amide bonds. The van der Waals surface area contributed by atoms with Gasteiger partial charge in [0, 0.05) is 24.3 Å². The lowest BCUT2D eigenvalue weighted by atomic mass is 10.2. The third-order valence-electron chi connectivity index (χ3n) is 3.59. The number of nitro groups is 1. The lowest BCUT2D eigenvalue weighted by molar-refractivity contribution is -0.384. The van der Waals surface area contributed by atoms with Crippen molar-refractivity contribution in [3.8, 4) is 0 Å². The third kappa shape index (κ3) is 4.51. The molecule has 1 aromatic heterocycles. The van der Waals surface area contributed by atoms with E-state index in [9.17, 15) is 19.7 Å². The minimum absolute atomic E-state index is 0.00787. The van der Waals surface area contributed by atoms with Crippen LogP contribution in [0.3, 0.4) is 0 Å². The van der Waals surface area contributed by atoms with Crippen LogP contribution in [0.2, 0.25) is 0 Å². The smallest absolute Gasteiger partial charge is 0.269 e. The van der Waals surface area contributed by atoms with Crippen LogP contribution in [0.4, 0.5) is 10.7 Å². The number of nitro benzene ring substituents is 1. The van der Waals surface area contributed by atoms with E-state index in [1.807, 2.05) is 0 Å². The zero-order valence-electron chi connectivity index (χ0n) is 13.1. The van der Waals surface area contributed by atoms with Gasteiger partial charge in [-0.05, 0) is 48.1 Å². The Morgan fingerprint density at radius 2 is 1.92 bits per heavy atom. The largest absolute Gasteiger partial charge is 0.349 e. The minimum Gasteiger partial charge on any atom is -0.349 e. The molecule has 1 aromatic carbocycles. The highest BCUT2D eigenvalue weighted by atomic mass is 32.1. The summed E-state index contributed by atoms with van der Waals surface area (Å²) in [5, 5.41) is 18.4. The first-order chi connectivity index (χ1) is 12.0. The van der Waals surface area contributed by atoms with Gasteiger partial charge in [-0.3, -0.25) is 19.7 Å². The first kappa shape index (κ1) is 16.8. The molecule has 128 valence electrons. The Bertz CT molecular complexity index is 838. The zero-order valence-corrected chi connectivity index (χ0v) is 13.9. The molecule has 1 aliphatic carbocycles. The summed E-state index contributed by atoms with van der Waals surface area (Å²) in [5.74, 6) is -0.556. The van der Waals surface area contributed by atoms with Gasteiger partial charge in [0.15, 0.2) is 0 Å². The molecule has 1 heterocycles. The van der Waals surface area contributed by atoms with Gasteiger partial charge in [-0.2, -0.15) is 0 Å². The van der Waals surface area contributed by atoms with Crippen molar-refractivity contribution in [3.05, 3.63) is 63.0 Å². The van der Waals surface area contributed by atoms with Crippen LogP contribution >= 0.6 is 11.3 Å². The molecule has 2 N–H and O–H groups in total. The summed E-state index contributed by atoms with van der Waals surface area (Å²) in [6.45, 7) is 0. The number of anilines is 1. The van der Waals surface area contributed by atoms with Gasteiger partial charge in [-0.1, -0.05) is 0 Å². The highest BCUT2D eigenvalue weighted by molar-refractivity contribution is 7.14. The number of nitrogens with zero attached hydrogens (tertiary/aromatic N) is 1. The summed E-state index contributed by atoms with van der Waals surface area (Å²) < 4.78 is 0. The molecule has 3 rings (SSSR count). The highest BCUT2D eigenvalue weighted by Gasteiger charge is 2.25. The van der Waals surface area contributed by atoms with E-state index in [0.29, 0.717) is 16.1 Å². The lowest BCUT2D eigenvalue weighted by Gasteiger charge is -2.05. The van der Waals surface area contributed by atoms with Crippen molar-refractivity contribution < 1.29 is 14.5 Å². The Kier molecular flexibility index (Phi) is 4.90. The monoisotopic (exact) mass is 357 g/mol. The van der Waals surface area contributed by atoms with E-state index < -0.39 is 4.92 Å². The second kappa shape index (κ2) is 7.27. The maximum absolute atomic E-state index is 12.1. The second-order valence-corrected chi connectivity index (χ2v) is 6.50. The maximum Gasteiger partial charge on any atom is 0.269 e. The SMILES string of the molecule is O=C(/C=C/c1ccc([N+](=O)[O-])cc1)Nc1sccc1C(=O)NC1CC1. The summed E-state index contributed by atoms with van der Waals surface area (Å²) >= 11 is 1.28. The topological polar surface area (TPSA) is 101 Å². The number of amides is 2. The number of benzene rings is 1. The number of rotatable bonds is 6. The maximum atomic E-state index is 12.1. The molecule has 0 bridgehead atoms. The van der Waals surface area contributed by atoms with Crippen LogP contribution in [0.15, 0.2) is 41.8 Å². The van der Waals surface area contributed by atoms with E-state index in [1.54, 1.807) is 29.7 Å². The van der Waals surface area contributed by atoms with Gasteiger partial charge < -0.3 is 10.6 Å². The van der Waals surface area contributed by atoms with Gasteiger partial charge in [0.05, 0.1) is 10.5 Å². The van der Waals surface area contributed by atoms with E-state index in [0.717, 1.165) is 12.8 Å². The summed E-state index contributed by atoms with van der Waals surface area (Å²) in [7, 11) is 0. The standard InChI is InChI=1S/C17H15N3O4S/c21-15(8-3-11-1-6-13(7-2-11)20(23)24)19-17-14(9-10-25-17)16(22)18-12-4-5-12/h1-3,6-10,12H,4-5H2,(H,18,22)(H,19,21)/b8-3+. The highest BCUT2D eigenvalue weighted by Crippen LogP contribution is 2.25. The van der Waals surface area contributed by atoms with Crippen LogP contribution in [0, 0.1) is 10.1 Å². The van der Waals surface area contributed by atoms with Gasteiger partial charge in [0.2, 0.25) is 5.91 Å². The quantitative estimate of drug-likeness (QED) is 0.471. The summed E-state index contributed by atoms with van der Waals surface area (Å²) in [6, 6.07) is 7.79. The Balaban J connectivity index is 1.61. The van der Waals surface area contributed by atoms with Crippen molar-refractivity contribution >= 4 is 39.9 Å². The van der Waals surface area contributed by atoms with E-state index in [1.165, 1.54) is 29.5 Å². The van der Waals surface area contributed by atoms with Crippen molar-refractivity contribution in [2.45, 2.75) is 18.9 Å². The fourth-order valence-corrected chi connectivity index (χ4v) is 2.90. The molecule has 0 radical (unpaired) electrons. The van der Waals surface area contributed by atoms with Crippen LogP contribution in [0.1, 0.15) is 28.8 Å². The Morgan fingerprint density at radius 1 is 1.20 bits per heavy atom. The zero-order chi connectivity index (χ0) is 17.8. The first-order valence-electron chi connectivity index (χ1n) is 7.65. The molecule has 25 heavy (non-hydrogen) atoms. The van der Waals surface area contributed by atoms with Gasteiger partial charge in [-0.25, -0.2) is 0 Å². The van der Waals surface area contributed by atoms with Crippen molar-refractivity contribution in [2.75, 3.05) is 5.32 Å². The summed E-state index contributed by atoms with van der Waals surface area (Å²) in [4.78, 5) is 34.3. The average molecular weight is 357 g/mol. The second-order valence-electron chi connectivity index (χ2n) is 5.58. The van der Waals surface area contributed by atoms with Crippen LogP contribution in [-0.4, -0.2) is 22.8 Å². The molecule has 1 aliphatic rings. The fourth-order valence-electron chi connectivity index (χ4n) is 2.11. The predicted molar refractivity (Wildman–Crippen MR) is 95.6 cm³/mol. The summed E-state index contributed by atoms with van der Waals surface area (Å²) in [6.07, 6.45) is 4.87. The van der Waals surface area contributed by atoms with E-state index >= 15 is 0 Å². The molecular weight excluding hydrogens is 342 g/mol. The van der Waals surface area contributed by atoms with Crippen molar-refractivity contribution in [1.29, 1.82) is 0 Å². The van der Waals surface area contributed by atoms with E-state index in [4.69, 9.17) is 0 Å². The minimum atomic E-state index is -0.481. The number of thiophene rings is 1. The first-order valence-corrected chi connectivity index (χ1v) is 8.53. The van der Waals surface area contributed by atoms with Crippen molar-refractivity contribution in [3.63, 3.8) is 0 Å². The lowest BCUT2D eigenvalue weighted by Crippen LogP contribution is -2.26. The van der Waals surface area contributed by atoms with Crippen LogP contribution < -0.4 is 10.6 Å². The number of carbonyl (C=O) groups is 2. The molecule has 0 spiro atoms. The number of carbonyl (C=O) groups excluding carboxylic acids is 2. The molecule has 2 aromatic rings. The van der Waals surface area contributed by atoms with Gasteiger partial charge >= 0.3 is 0 Å². The molecule has 0 unspecified atom stereocenters. The molecule has 8 heteroatoms. The molecule has 1 saturated carbocycles. The molecule has 0 saturated heterocycles. The van der Waals surface area contributed by atoms with Crippen LogP contribution in [0.25, 0.3) is 6.08 Å². The molecule has 0 aliphatic heterocycles. The Labute approximate surface area is 147 Å². The van der Waals surface area contributed by atoms with E-state index in [-0.39, 0.29) is 23.5 Å². The van der Waals surface area contributed by atoms with Crippen LogP contribution in [-0.2, 0) is 4.79 Å². The Morgan fingerprint density at radius 3 is 2.56 bits per heavy atom. The average Bonchev–Trinajstić information content (AvgIpc) is 3.28. The van der Waals surface area contributed by atoms with Gasteiger partial charge in [0.1, 0.15) is 5.00 Å². The van der Waals surface area contributed by atoms with Crippen LogP contribution in [0.5, 0.6) is 0 Å². The third-order valence-corrected chi connectivity index (χ3v) is 4.42. The molecule has 0 atom stereocenters. The van der Waals surface area contributed by atoms with E-state index in [2.05, 4.69) is 10.6 Å². The number of hydrogen-bond acceptors (Lipinski definition) is 5. The normalized spacial score (nSPS) is 13.6. The van der Waals surface area contributed by atoms with Gasteiger partial charge in [0.25, 0.3) is 11.6 Å². The molecule has 7 nitrogen and oxygen atoms in total. The predicted octanol–water partition coefficient (Wildman–Crippen LogP) is 3.20. The summed E-state index contributed by atoms with van der Waals surface area (Å²) in [5.41, 5.74) is 1.11. The Hall–Kier alpha value is -3.00. The van der Waals surface area contributed by atoms with Crippen molar-refractivity contribution in [2.24, 2.45) is 0 Å². The molecular formula is C17H15N3O4S. The number of non-ortho nitro benzene ring substituents is 1. The fraction of sp³-hybridized carbons (Fsp3) is 0.176. The number of hydrogen-bond donors (Lipinski definition) is 2. The van der Waals surface area contributed by atoms with Crippen molar-refractivity contribution in [1.82, 2.24) is 5.32 Å². The van der Waals surface area contributed by atoms with Gasteiger partial charge in [-0.15, -0.1) is 11.3 Å². The molecule has 1 fully saturated rings.